The van der Waals surface area contributed by atoms with Crippen LogP contribution in [0.5, 0.6) is 0 Å². The summed E-state index contributed by atoms with van der Waals surface area (Å²) in [5.74, 6) is -1.91. The molecule has 2 amide bonds. The topological polar surface area (TPSA) is 77.1 Å². The van der Waals surface area contributed by atoms with Gasteiger partial charge in [0.1, 0.15) is 25.2 Å². The summed E-state index contributed by atoms with van der Waals surface area (Å²) in [4.78, 5) is 24.7. The maximum absolute atomic E-state index is 12.8. The van der Waals surface area contributed by atoms with Gasteiger partial charge in [0.2, 0.25) is 0 Å². The number of nitrogens with one attached hydrogen (secondary N) is 1. The number of alkyl halides is 3. The Balaban J connectivity index is 1.70. The molecule has 0 saturated heterocycles. The third-order valence-electron chi connectivity index (χ3n) is 5.30. The minimum absolute atomic E-state index is 0.0706. The minimum atomic E-state index is -4.94. The number of carbonyl (C=O) groups excluding carboxylic acids is 2. The molecule has 2 unspecified atom stereocenters. The number of alkyl carbamates (subject to hydrolysis) is 1. The first kappa shape index (κ1) is 24.9. The average molecular weight is 478 g/mol. The second-order valence-electron chi connectivity index (χ2n) is 7.81. The van der Waals surface area contributed by atoms with E-state index in [1.54, 1.807) is 24.3 Å². The minimum Gasteiger partial charge on any atom is -0.457 e. The van der Waals surface area contributed by atoms with Crippen molar-refractivity contribution in [3.05, 3.63) is 83.8 Å². The van der Waals surface area contributed by atoms with Gasteiger partial charge in [-0.1, -0.05) is 54.6 Å². The first-order valence-electron chi connectivity index (χ1n) is 10.5. The first-order valence-corrected chi connectivity index (χ1v) is 10.5. The summed E-state index contributed by atoms with van der Waals surface area (Å²) in [7, 11) is 1.11. The Hall–Kier alpha value is -3.69. The predicted octanol–water partition coefficient (Wildman–Crippen LogP) is 4.45. The van der Waals surface area contributed by atoms with E-state index in [1.807, 2.05) is 30.3 Å². The summed E-state index contributed by atoms with van der Waals surface area (Å²) in [6.07, 6.45) is -3.63. The fraction of sp³-hybridized carbons (Fsp3) is 0.333. The Kier molecular flexibility index (Phi) is 8.04. The van der Waals surface area contributed by atoms with Gasteiger partial charge in [-0.2, -0.15) is 13.2 Å². The molecule has 1 aliphatic heterocycles. The number of rotatable bonds is 8. The van der Waals surface area contributed by atoms with E-state index < -0.39 is 36.6 Å². The number of amides is 2. The number of benzene rings is 2. The molecule has 34 heavy (non-hydrogen) atoms. The molecule has 0 aromatic heterocycles. The van der Waals surface area contributed by atoms with E-state index in [0.29, 0.717) is 16.0 Å². The summed E-state index contributed by atoms with van der Waals surface area (Å²) in [6.45, 7) is 1.60. The van der Waals surface area contributed by atoms with Crippen molar-refractivity contribution < 1.29 is 37.0 Å². The molecule has 1 N–H and O–H groups in total. The van der Waals surface area contributed by atoms with Crippen LogP contribution in [0.3, 0.4) is 0 Å². The summed E-state index contributed by atoms with van der Waals surface area (Å²) in [6, 6.07) is 14.6. The van der Waals surface area contributed by atoms with Gasteiger partial charge >= 0.3 is 18.2 Å². The maximum Gasteiger partial charge on any atom is 0.471 e. The van der Waals surface area contributed by atoms with Crippen LogP contribution in [0.25, 0.3) is 0 Å². The van der Waals surface area contributed by atoms with E-state index in [9.17, 15) is 22.8 Å². The highest BCUT2D eigenvalue weighted by molar-refractivity contribution is 5.81. The van der Waals surface area contributed by atoms with Crippen molar-refractivity contribution >= 4 is 12.0 Å². The molecule has 3 rings (SSSR count). The zero-order chi connectivity index (χ0) is 24.7. The Bertz CT molecular complexity index is 1010. The number of nitrogens with zero attached hydrogens (tertiary/aromatic N) is 1. The van der Waals surface area contributed by atoms with Crippen LogP contribution >= 0.6 is 0 Å². The van der Waals surface area contributed by atoms with E-state index in [4.69, 9.17) is 14.2 Å². The molecule has 2 atom stereocenters. The zero-order valence-corrected chi connectivity index (χ0v) is 18.6. The molecular weight excluding hydrogens is 453 g/mol. The van der Waals surface area contributed by atoms with Gasteiger partial charge in [-0.25, -0.2) is 4.79 Å². The normalized spacial score (nSPS) is 15.1. The molecule has 2 aromatic carbocycles. The fourth-order valence-corrected chi connectivity index (χ4v) is 3.40. The average Bonchev–Trinajstić information content (AvgIpc) is 3.35. The van der Waals surface area contributed by atoms with Crippen LogP contribution in [0.4, 0.5) is 18.0 Å². The number of halogens is 3. The quantitative estimate of drug-likeness (QED) is 0.607. The molecule has 10 heteroatoms. The van der Waals surface area contributed by atoms with Crippen LogP contribution < -0.4 is 5.32 Å². The van der Waals surface area contributed by atoms with Gasteiger partial charge in [0.25, 0.3) is 6.29 Å². The first-order chi connectivity index (χ1) is 16.1. The largest absolute Gasteiger partial charge is 0.471 e. The van der Waals surface area contributed by atoms with Crippen LogP contribution in [0.15, 0.2) is 67.1 Å². The van der Waals surface area contributed by atoms with Crippen LogP contribution in [0, 0.1) is 0 Å². The SMILES string of the molecule is CC(Cc1cccc(C(NC(=O)OCc2ccccc2)C2OC=CO2)c1)N(C)C(=O)C(F)(F)F. The lowest BCUT2D eigenvalue weighted by atomic mass is 9.99. The number of hydrogen-bond donors (Lipinski definition) is 1. The predicted molar refractivity (Wildman–Crippen MR) is 116 cm³/mol. The highest BCUT2D eigenvalue weighted by Gasteiger charge is 2.42. The lowest BCUT2D eigenvalue weighted by Gasteiger charge is -2.27. The van der Waals surface area contributed by atoms with Gasteiger partial charge < -0.3 is 24.4 Å². The number of carbonyl (C=O) groups is 2. The van der Waals surface area contributed by atoms with E-state index in [1.165, 1.54) is 19.4 Å². The Morgan fingerprint density at radius 1 is 1.06 bits per heavy atom. The highest BCUT2D eigenvalue weighted by atomic mass is 19.4. The van der Waals surface area contributed by atoms with Gasteiger partial charge in [-0.3, -0.25) is 4.79 Å². The van der Waals surface area contributed by atoms with Gasteiger partial charge in [-0.05, 0) is 30.0 Å². The van der Waals surface area contributed by atoms with Crippen molar-refractivity contribution in [2.24, 2.45) is 0 Å². The van der Waals surface area contributed by atoms with Crippen molar-refractivity contribution in [3.8, 4) is 0 Å². The molecule has 1 aliphatic rings. The van der Waals surface area contributed by atoms with Crippen molar-refractivity contribution in [2.45, 2.75) is 44.5 Å². The molecule has 0 bridgehead atoms. The lowest BCUT2D eigenvalue weighted by Crippen LogP contribution is -2.44. The standard InChI is InChI=1S/C24H25F3N2O5/c1-16(29(2)22(30)24(25,26)27)13-18-9-6-10-19(14-18)20(21-32-11-12-33-21)28-23(31)34-15-17-7-4-3-5-8-17/h3-12,14,16,20-21H,13,15H2,1-2H3,(H,28,31). The van der Waals surface area contributed by atoms with Crippen molar-refractivity contribution in [3.63, 3.8) is 0 Å². The summed E-state index contributed by atoms with van der Waals surface area (Å²) in [5.41, 5.74) is 2.08. The van der Waals surface area contributed by atoms with E-state index in [0.717, 1.165) is 12.6 Å². The molecule has 0 saturated carbocycles. The third-order valence-corrected chi connectivity index (χ3v) is 5.30. The molecule has 0 fully saturated rings. The number of hydrogen-bond acceptors (Lipinski definition) is 5. The molecule has 2 aromatic rings. The molecule has 1 heterocycles. The Morgan fingerprint density at radius 2 is 1.71 bits per heavy atom. The van der Waals surface area contributed by atoms with E-state index in [2.05, 4.69) is 5.32 Å². The molecule has 0 radical (unpaired) electrons. The summed E-state index contributed by atoms with van der Waals surface area (Å²) >= 11 is 0. The van der Waals surface area contributed by atoms with Crippen LogP contribution in [0.2, 0.25) is 0 Å². The van der Waals surface area contributed by atoms with Gasteiger partial charge in [0, 0.05) is 13.1 Å². The second-order valence-corrected chi connectivity index (χ2v) is 7.81. The van der Waals surface area contributed by atoms with E-state index >= 15 is 0 Å². The second kappa shape index (κ2) is 11.0. The summed E-state index contributed by atoms with van der Waals surface area (Å²) in [5, 5.41) is 2.72. The highest BCUT2D eigenvalue weighted by Crippen LogP contribution is 2.26. The molecule has 0 spiro atoms. The third kappa shape index (κ3) is 6.66. The number of ether oxygens (including phenoxy) is 3. The lowest BCUT2D eigenvalue weighted by molar-refractivity contribution is -0.185. The van der Waals surface area contributed by atoms with Crippen molar-refractivity contribution in [1.29, 1.82) is 0 Å². The fourth-order valence-electron chi connectivity index (χ4n) is 3.40. The smallest absolute Gasteiger partial charge is 0.457 e. The van der Waals surface area contributed by atoms with E-state index in [-0.39, 0.29) is 13.0 Å². The van der Waals surface area contributed by atoms with Crippen molar-refractivity contribution in [1.82, 2.24) is 10.2 Å². The monoisotopic (exact) mass is 478 g/mol. The molecule has 182 valence electrons. The molecule has 0 aliphatic carbocycles. The summed E-state index contributed by atoms with van der Waals surface area (Å²) < 4.78 is 54.4. The van der Waals surface area contributed by atoms with Crippen LogP contribution in [-0.2, 0) is 32.0 Å². The zero-order valence-electron chi connectivity index (χ0n) is 18.6. The maximum atomic E-state index is 12.8. The van der Waals surface area contributed by atoms with Crippen LogP contribution in [-0.4, -0.2) is 42.5 Å². The van der Waals surface area contributed by atoms with Gasteiger partial charge in [0.15, 0.2) is 0 Å². The molecular formula is C24H25F3N2O5. The van der Waals surface area contributed by atoms with Crippen LogP contribution in [0.1, 0.15) is 29.7 Å². The molecule has 7 nitrogen and oxygen atoms in total. The van der Waals surface area contributed by atoms with Gasteiger partial charge in [-0.15, -0.1) is 0 Å². The Labute approximate surface area is 195 Å². The van der Waals surface area contributed by atoms with Crippen molar-refractivity contribution in [2.75, 3.05) is 7.05 Å². The number of likely N-dealkylation sites (N-methyl/N-ethyl adjacent to an activating group) is 1. The Morgan fingerprint density at radius 3 is 2.35 bits per heavy atom. The van der Waals surface area contributed by atoms with Gasteiger partial charge in [0.05, 0.1) is 0 Å².